The van der Waals surface area contributed by atoms with E-state index in [1.807, 2.05) is 30.2 Å². The van der Waals surface area contributed by atoms with Crippen LogP contribution in [0.3, 0.4) is 0 Å². The van der Waals surface area contributed by atoms with Gasteiger partial charge in [-0.1, -0.05) is 6.92 Å². The Bertz CT molecular complexity index is 428. The third-order valence-electron chi connectivity index (χ3n) is 4.10. The molecule has 6 nitrogen and oxygen atoms in total. The smallest absolute Gasteiger partial charge is 0.191 e. The molecule has 2 heterocycles. The van der Waals surface area contributed by atoms with Gasteiger partial charge in [0.2, 0.25) is 0 Å². The Morgan fingerprint density at radius 3 is 2.91 bits per heavy atom. The highest BCUT2D eigenvalue weighted by Crippen LogP contribution is 2.14. The van der Waals surface area contributed by atoms with Gasteiger partial charge in [-0.15, -0.1) is 0 Å². The molecule has 2 rings (SSSR count). The van der Waals surface area contributed by atoms with Crippen LogP contribution in [-0.4, -0.2) is 60.4 Å². The van der Waals surface area contributed by atoms with Crippen molar-refractivity contribution < 1.29 is 0 Å². The van der Waals surface area contributed by atoms with E-state index < -0.39 is 0 Å². The third kappa shape index (κ3) is 6.05. The minimum atomic E-state index is 0.841. The van der Waals surface area contributed by atoms with Crippen LogP contribution in [0.4, 0.5) is 0 Å². The van der Waals surface area contributed by atoms with E-state index in [0.717, 1.165) is 44.5 Å². The van der Waals surface area contributed by atoms with Crippen molar-refractivity contribution in [3.63, 3.8) is 0 Å². The number of nitrogens with zero attached hydrogens (tertiary/aromatic N) is 4. The van der Waals surface area contributed by atoms with Crippen molar-refractivity contribution in [3.8, 4) is 0 Å². The van der Waals surface area contributed by atoms with E-state index in [-0.39, 0.29) is 0 Å². The molecule has 22 heavy (non-hydrogen) atoms. The van der Waals surface area contributed by atoms with E-state index in [1.165, 1.54) is 25.9 Å². The monoisotopic (exact) mass is 306 g/mol. The lowest BCUT2D eigenvalue weighted by Gasteiger charge is -2.30. The molecule has 1 aliphatic rings. The van der Waals surface area contributed by atoms with Crippen molar-refractivity contribution in [2.24, 2.45) is 10.9 Å². The van der Waals surface area contributed by atoms with Crippen LogP contribution in [0.5, 0.6) is 0 Å². The molecule has 0 amide bonds. The summed E-state index contributed by atoms with van der Waals surface area (Å²) in [5, 5.41) is 11.0. The quantitative estimate of drug-likeness (QED) is 0.451. The van der Waals surface area contributed by atoms with Gasteiger partial charge >= 0.3 is 0 Å². The van der Waals surface area contributed by atoms with E-state index in [1.54, 1.807) is 0 Å². The van der Waals surface area contributed by atoms with E-state index in [2.05, 4.69) is 32.5 Å². The molecule has 1 aromatic heterocycles. The minimum Gasteiger partial charge on any atom is -0.356 e. The Hall–Kier alpha value is -1.56. The Labute approximate surface area is 134 Å². The second kappa shape index (κ2) is 9.46. The molecular formula is C16H30N6. The predicted octanol–water partition coefficient (Wildman–Crippen LogP) is 1.17. The van der Waals surface area contributed by atoms with Crippen molar-refractivity contribution in [2.75, 3.05) is 39.8 Å². The molecule has 0 aliphatic carbocycles. The zero-order valence-corrected chi connectivity index (χ0v) is 14.0. The predicted molar refractivity (Wildman–Crippen MR) is 91.0 cm³/mol. The van der Waals surface area contributed by atoms with E-state index in [0.29, 0.717) is 0 Å². The molecule has 0 saturated carbocycles. The average Bonchev–Trinajstić information content (AvgIpc) is 3.03. The van der Waals surface area contributed by atoms with Gasteiger partial charge in [-0.25, -0.2) is 0 Å². The van der Waals surface area contributed by atoms with Crippen LogP contribution in [0, 0.1) is 5.92 Å². The van der Waals surface area contributed by atoms with Gasteiger partial charge in [-0.05, 0) is 37.8 Å². The largest absolute Gasteiger partial charge is 0.356 e. The summed E-state index contributed by atoms with van der Waals surface area (Å²) in [6.45, 7) is 8.70. The van der Waals surface area contributed by atoms with Crippen LogP contribution < -0.4 is 10.6 Å². The number of aryl methyl sites for hydroxylation is 1. The number of rotatable bonds is 7. The normalized spacial score (nSPS) is 20.1. The van der Waals surface area contributed by atoms with E-state index in [9.17, 15) is 0 Å². The first kappa shape index (κ1) is 16.8. The summed E-state index contributed by atoms with van der Waals surface area (Å²) in [5.41, 5.74) is 0. The Kier molecular flexibility index (Phi) is 7.22. The van der Waals surface area contributed by atoms with Crippen molar-refractivity contribution in [1.82, 2.24) is 25.3 Å². The lowest BCUT2D eigenvalue weighted by molar-refractivity contribution is 0.187. The molecule has 6 heteroatoms. The zero-order valence-electron chi connectivity index (χ0n) is 14.0. The number of hydrogen-bond acceptors (Lipinski definition) is 3. The van der Waals surface area contributed by atoms with Crippen molar-refractivity contribution in [1.29, 1.82) is 0 Å². The molecular weight excluding hydrogens is 276 g/mol. The van der Waals surface area contributed by atoms with Gasteiger partial charge in [-0.3, -0.25) is 9.67 Å². The summed E-state index contributed by atoms with van der Waals surface area (Å²) < 4.78 is 1.95. The molecule has 1 aromatic rings. The zero-order chi connectivity index (χ0) is 15.6. The molecule has 1 fully saturated rings. The van der Waals surface area contributed by atoms with Crippen LogP contribution in [0.15, 0.2) is 23.5 Å². The van der Waals surface area contributed by atoms with Gasteiger partial charge < -0.3 is 15.5 Å². The highest BCUT2D eigenvalue weighted by atomic mass is 15.3. The van der Waals surface area contributed by atoms with Crippen LogP contribution >= 0.6 is 0 Å². The highest BCUT2D eigenvalue weighted by Gasteiger charge is 2.15. The molecule has 0 spiro atoms. The standard InChI is InChI=1S/C16H30N6/c1-15-6-3-10-21(14-15)13-9-19-16(17-2)18-7-4-11-22-12-5-8-20-22/h5,8,12,15H,3-4,6-7,9-11,13-14H2,1-2H3,(H2,17,18,19). The Balaban J connectivity index is 1.55. The van der Waals surface area contributed by atoms with Crippen molar-refractivity contribution in [3.05, 3.63) is 18.5 Å². The summed E-state index contributed by atoms with van der Waals surface area (Å²) in [7, 11) is 1.83. The first-order valence-electron chi connectivity index (χ1n) is 8.42. The molecule has 1 saturated heterocycles. The van der Waals surface area contributed by atoms with Gasteiger partial charge in [-0.2, -0.15) is 5.10 Å². The molecule has 0 bridgehead atoms. The maximum absolute atomic E-state index is 4.27. The first-order valence-corrected chi connectivity index (χ1v) is 8.42. The van der Waals surface area contributed by atoms with E-state index >= 15 is 0 Å². The lowest BCUT2D eigenvalue weighted by Crippen LogP contribution is -2.44. The van der Waals surface area contributed by atoms with Gasteiger partial charge in [0.25, 0.3) is 0 Å². The molecule has 0 radical (unpaired) electrons. The number of nitrogens with one attached hydrogen (secondary N) is 2. The summed E-state index contributed by atoms with van der Waals surface area (Å²) in [6.07, 6.45) is 7.55. The number of hydrogen-bond donors (Lipinski definition) is 2. The van der Waals surface area contributed by atoms with Crippen molar-refractivity contribution >= 4 is 5.96 Å². The number of likely N-dealkylation sites (tertiary alicyclic amines) is 1. The fraction of sp³-hybridized carbons (Fsp3) is 0.750. The second-order valence-corrected chi connectivity index (χ2v) is 6.10. The maximum atomic E-state index is 4.27. The summed E-state index contributed by atoms with van der Waals surface area (Å²) in [5.74, 6) is 1.74. The second-order valence-electron chi connectivity index (χ2n) is 6.10. The van der Waals surface area contributed by atoms with E-state index in [4.69, 9.17) is 0 Å². The fourth-order valence-electron chi connectivity index (χ4n) is 2.92. The number of aromatic nitrogens is 2. The van der Waals surface area contributed by atoms with Gasteiger partial charge in [0, 0.05) is 52.2 Å². The number of piperidine rings is 1. The average molecular weight is 306 g/mol. The molecule has 2 N–H and O–H groups in total. The Morgan fingerprint density at radius 2 is 2.18 bits per heavy atom. The summed E-state index contributed by atoms with van der Waals surface area (Å²) in [6, 6.07) is 1.95. The minimum absolute atomic E-state index is 0.841. The lowest BCUT2D eigenvalue weighted by atomic mass is 10.0. The van der Waals surface area contributed by atoms with Gasteiger partial charge in [0.15, 0.2) is 5.96 Å². The van der Waals surface area contributed by atoms with Crippen LogP contribution in [-0.2, 0) is 6.54 Å². The van der Waals surface area contributed by atoms with Crippen LogP contribution in [0.2, 0.25) is 0 Å². The SMILES string of the molecule is CN=C(NCCCn1cccn1)NCCN1CCCC(C)C1. The number of aliphatic imine (C=N–C) groups is 1. The van der Waals surface area contributed by atoms with Crippen LogP contribution in [0.25, 0.3) is 0 Å². The molecule has 1 aliphatic heterocycles. The van der Waals surface area contributed by atoms with Gasteiger partial charge in [0.1, 0.15) is 0 Å². The number of guanidine groups is 1. The third-order valence-corrected chi connectivity index (χ3v) is 4.10. The molecule has 1 atom stereocenters. The fourth-order valence-corrected chi connectivity index (χ4v) is 2.92. The maximum Gasteiger partial charge on any atom is 0.191 e. The highest BCUT2D eigenvalue weighted by molar-refractivity contribution is 5.79. The molecule has 1 unspecified atom stereocenters. The molecule has 0 aromatic carbocycles. The first-order chi connectivity index (χ1) is 10.8. The Morgan fingerprint density at radius 1 is 1.32 bits per heavy atom. The summed E-state index contributed by atoms with van der Waals surface area (Å²) >= 11 is 0. The van der Waals surface area contributed by atoms with Crippen LogP contribution in [0.1, 0.15) is 26.2 Å². The van der Waals surface area contributed by atoms with Gasteiger partial charge in [0.05, 0.1) is 0 Å². The topological polar surface area (TPSA) is 57.5 Å². The summed E-state index contributed by atoms with van der Waals surface area (Å²) in [4.78, 5) is 6.82. The molecule has 124 valence electrons. The van der Waals surface area contributed by atoms with Crippen molar-refractivity contribution in [2.45, 2.75) is 32.7 Å².